The molecule has 2 amide bonds. The van der Waals surface area contributed by atoms with E-state index in [9.17, 15) is 18.0 Å². The molecule has 0 bridgehead atoms. The highest BCUT2D eigenvalue weighted by Gasteiger charge is 2.29. The summed E-state index contributed by atoms with van der Waals surface area (Å²) in [6, 6.07) is 15.4. The van der Waals surface area contributed by atoms with Crippen molar-refractivity contribution in [2.45, 2.75) is 40.2 Å². The lowest BCUT2D eigenvalue weighted by Crippen LogP contribution is -2.52. The van der Waals surface area contributed by atoms with Gasteiger partial charge in [0.05, 0.1) is 18.6 Å². The molecule has 1 atom stereocenters. The first-order valence-electron chi connectivity index (χ1n) is 11.8. The van der Waals surface area contributed by atoms with Crippen LogP contribution in [0.5, 0.6) is 5.75 Å². The number of sulfonamides is 1. The van der Waals surface area contributed by atoms with Crippen molar-refractivity contribution in [3.63, 3.8) is 0 Å². The minimum atomic E-state index is -3.76. The van der Waals surface area contributed by atoms with Gasteiger partial charge in [-0.05, 0) is 56.0 Å². The van der Waals surface area contributed by atoms with E-state index in [4.69, 9.17) is 4.74 Å². The second-order valence-corrected chi connectivity index (χ2v) is 10.7. The number of hydrogen-bond donors (Lipinski definition) is 1. The third-order valence-corrected chi connectivity index (χ3v) is 6.59. The van der Waals surface area contributed by atoms with E-state index in [-0.39, 0.29) is 18.4 Å². The van der Waals surface area contributed by atoms with Crippen molar-refractivity contribution in [1.82, 2.24) is 10.2 Å². The molecule has 0 spiro atoms. The molecule has 0 aliphatic carbocycles. The molecule has 0 unspecified atom stereocenters. The molecule has 0 aromatic heterocycles. The Hall–Kier alpha value is -3.07. The van der Waals surface area contributed by atoms with Crippen LogP contribution < -0.4 is 14.4 Å². The lowest BCUT2D eigenvalue weighted by Gasteiger charge is -2.31. The van der Waals surface area contributed by atoms with Crippen LogP contribution in [0.25, 0.3) is 0 Å². The molecule has 0 aliphatic heterocycles. The van der Waals surface area contributed by atoms with Crippen LogP contribution in [-0.4, -0.2) is 63.7 Å². The summed E-state index contributed by atoms with van der Waals surface area (Å²) in [5.41, 5.74) is 1.37. The van der Waals surface area contributed by atoms with Crippen LogP contribution in [-0.2, 0) is 26.0 Å². The number of carbonyl (C=O) groups excluding carboxylic acids is 2. The number of nitrogens with zero attached hydrogens (tertiary/aromatic N) is 2. The average Bonchev–Trinajstić information content (AvgIpc) is 2.81. The van der Waals surface area contributed by atoms with E-state index in [1.807, 2.05) is 51.1 Å². The lowest BCUT2D eigenvalue weighted by atomic mass is 10.1. The average molecular weight is 504 g/mol. The first kappa shape index (κ1) is 28.2. The monoisotopic (exact) mass is 503 g/mol. The molecule has 1 N–H and O–H groups in total. The Balaban J connectivity index is 2.27. The Morgan fingerprint density at radius 2 is 1.63 bits per heavy atom. The Morgan fingerprint density at radius 3 is 2.17 bits per heavy atom. The molecule has 0 aliphatic rings. The zero-order valence-electron chi connectivity index (χ0n) is 21.2. The van der Waals surface area contributed by atoms with Gasteiger partial charge in [-0.1, -0.05) is 44.2 Å². The number of rotatable bonds is 13. The maximum absolute atomic E-state index is 13.5. The molecular weight excluding hydrogens is 466 g/mol. The second kappa shape index (κ2) is 13.1. The summed E-state index contributed by atoms with van der Waals surface area (Å²) in [7, 11) is -3.76. The summed E-state index contributed by atoms with van der Waals surface area (Å²) >= 11 is 0. The van der Waals surface area contributed by atoms with Crippen LogP contribution in [0.4, 0.5) is 5.69 Å². The van der Waals surface area contributed by atoms with Crippen molar-refractivity contribution in [3.05, 3.63) is 60.2 Å². The van der Waals surface area contributed by atoms with Gasteiger partial charge in [0.1, 0.15) is 18.3 Å². The molecule has 0 radical (unpaired) electrons. The molecule has 8 nitrogen and oxygen atoms in total. The topological polar surface area (TPSA) is 96.0 Å². The van der Waals surface area contributed by atoms with Crippen molar-refractivity contribution in [2.75, 3.05) is 36.8 Å². The summed E-state index contributed by atoms with van der Waals surface area (Å²) in [6.45, 7) is 8.35. The Bertz CT molecular complexity index is 1060. The van der Waals surface area contributed by atoms with Crippen LogP contribution in [0.3, 0.4) is 0 Å². The number of nitrogens with one attached hydrogen (secondary N) is 1. The minimum absolute atomic E-state index is 0.264. The highest BCUT2D eigenvalue weighted by atomic mass is 32.2. The van der Waals surface area contributed by atoms with Gasteiger partial charge in [-0.3, -0.25) is 13.9 Å². The highest BCUT2D eigenvalue weighted by Crippen LogP contribution is 2.22. The number of amides is 2. The van der Waals surface area contributed by atoms with E-state index in [0.717, 1.165) is 16.1 Å². The quantitative estimate of drug-likeness (QED) is 0.453. The largest absolute Gasteiger partial charge is 0.494 e. The van der Waals surface area contributed by atoms with Gasteiger partial charge in [0, 0.05) is 13.1 Å². The van der Waals surface area contributed by atoms with Crippen LogP contribution in [0.1, 0.15) is 33.3 Å². The number of anilines is 1. The van der Waals surface area contributed by atoms with Gasteiger partial charge in [0.25, 0.3) is 0 Å². The zero-order valence-corrected chi connectivity index (χ0v) is 22.0. The van der Waals surface area contributed by atoms with E-state index in [0.29, 0.717) is 31.0 Å². The third-order valence-electron chi connectivity index (χ3n) is 5.45. The first-order valence-corrected chi connectivity index (χ1v) is 13.7. The highest BCUT2D eigenvalue weighted by molar-refractivity contribution is 7.92. The van der Waals surface area contributed by atoms with Crippen molar-refractivity contribution in [2.24, 2.45) is 5.92 Å². The van der Waals surface area contributed by atoms with Gasteiger partial charge in [-0.25, -0.2) is 8.42 Å². The van der Waals surface area contributed by atoms with Gasteiger partial charge >= 0.3 is 0 Å². The smallest absolute Gasteiger partial charge is 0.244 e. The molecule has 0 saturated heterocycles. The van der Waals surface area contributed by atoms with Crippen molar-refractivity contribution in [1.29, 1.82) is 0 Å². The van der Waals surface area contributed by atoms with Crippen molar-refractivity contribution >= 4 is 27.5 Å². The van der Waals surface area contributed by atoms with Crippen molar-refractivity contribution in [3.8, 4) is 5.75 Å². The zero-order chi connectivity index (χ0) is 26.0. The molecule has 0 heterocycles. The number of carbonyl (C=O) groups is 2. The molecule has 2 rings (SSSR count). The number of benzene rings is 2. The SMILES string of the molecule is CCOc1ccc(N(CC(=O)N(CCc2ccccc2)[C@@H](C)C(=O)NCC(C)C)S(C)(=O)=O)cc1. The summed E-state index contributed by atoms with van der Waals surface area (Å²) in [4.78, 5) is 27.7. The van der Waals surface area contributed by atoms with Gasteiger partial charge in [0.15, 0.2) is 0 Å². The predicted octanol–water partition coefficient (Wildman–Crippen LogP) is 3.08. The summed E-state index contributed by atoms with van der Waals surface area (Å²) in [6.07, 6.45) is 1.60. The Kier molecular flexibility index (Phi) is 10.6. The Labute approximate surface area is 209 Å². The van der Waals surface area contributed by atoms with Crippen LogP contribution in [0.2, 0.25) is 0 Å². The minimum Gasteiger partial charge on any atom is -0.494 e. The summed E-state index contributed by atoms with van der Waals surface area (Å²) < 4.78 is 31.7. The maximum Gasteiger partial charge on any atom is 0.244 e. The summed E-state index contributed by atoms with van der Waals surface area (Å²) in [5, 5.41) is 2.87. The normalized spacial score (nSPS) is 12.2. The van der Waals surface area contributed by atoms with Gasteiger partial charge < -0.3 is 15.0 Å². The van der Waals surface area contributed by atoms with Crippen LogP contribution in [0.15, 0.2) is 54.6 Å². The predicted molar refractivity (Wildman–Crippen MR) is 139 cm³/mol. The first-order chi connectivity index (χ1) is 16.5. The number of ether oxygens (including phenoxy) is 1. The van der Waals surface area contributed by atoms with Crippen LogP contribution >= 0.6 is 0 Å². The molecule has 0 fully saturated rings. The molecule has 192 valence electrons. The maximum atomic E-state index is 13.5. The van der Waals surface area contributed by atoms with Gasteiger partial charge in [-0.15, -0.1) is 0 Å². The lowest BCUT2D eigenvalue weighted by molar-refractivity contribution is -0.138. The molecule has 2 aromatic carbocycles. The number of hydrogen-bond acceptors (Lipinski definition) is 5. The fourth-order valence-electron chi connectivity index (χ4n) is 3.51. The molecule has 35 heavy (non-hydrogen) atoms. The van der Waals surface area contributed by atoms with Crippen LogP contribution in [0, 0.1) is 5.92 Å². The molecular formula is C26H37N3O5S. The third kappa shape index (κ3) is 8.90. The fourth-order valence-corrected chi connectivity index (χ4v) is 4.36. The fraction of sp³-hybridized carbons (Fsp3) is 0.462. The van der Waals surface area contributed by atoms with E-state index >= 15 is 0 Å². The van der Waals surface area contributed by atoms with E-state index in [1.165, 1.54) is 4.90 Å². The van der Waals surface area contributed by atoms with Crippen molar-refractivity contribution < 1.29 is 22.7 Å². The van der Waals surface area contributed by atoms with E-state index < -0.39 is 28.5 Å². The van der Waals surface area contributed by atoms with Gasteiger partial charge in [0.2, 0.25) is 21.8 Å². The Morgan fingerprint density at radius 1 is 1.00 bits per heavy atom. The molecule has 2 aromatic rings. The second-order valence-electron chi connectivity index (χ2n) is 8.83. The summed E-state index contributed by atoms with van der Waals surface area (Å²) in [5.74, 6) is 0.149. The molecule has 0 saturated carbocycles. The van der Waals surface area contributed by atoms with E-state index in [2.05, 4.69) is 5.32 Å². The van der Waals surface area contributed by atoms with E-state index in [1.54, 1.807) is 31.2 Å². The molecule has 9 heteroatoms. The van der Waals surface area contributed by atoms with Gasteiger partial charge in [-0.2, -0.15) is 0 Å². The standard InChI is InChI=1S/C26H37N3O5S/c1-6-34-24-14-12-23(13-15-24)29(35(5,32)33)19-25(30)28(17-16-22-10-8-7-9-11-22)21(4)26(31)27-18-20(2)3/h7-15,20-21H,6,16-19H2,1-5H3,(H,27,31)/t21-/m0/s1.